The van der Waals surface area contributed by atoms with Gasteiger partial charge in [0, 0.05) is 12.4 Å². The number of piperidine rings is 1. The lowest BCUT2D eigenvalue weighted by molar-refractivity contribution is 0.160. The summed E-state index contributed by atoms with van der Waals surface area (Å²) >= 11 is 5.67. The van der Waals surface area contributed by atoms with Crippen LogP contribution in [0, 0.1) is 5.92 Å². The number of likely N-dealkylation sites (tertiary alicyclic amines) is 1. The average Bonchev–Trinajstić information content (AvgIpc) is 2.26. The SMILES string of the molecule is CN(C)CC1CCN(CCCCCCl)CC1. The third-order valence-electron chi connectivity index (χ3n) is 3.44. The van der Waals surface area contributed by atoms with Crippen molar-refractivity contribution in [2.24, 2.45) is 5.92 Å². The number of halogens is 1. The van der Waals surface area contributed by atoms with Crippen molar-refractivity contribution < 1.29 is 0 Å². The van der Waals surface area contributed by atoms with Crippen molar-refractivity contribution in [3.63, 3.8) is 0 Å². The van der Waals surface area contributed by atoms with Gasteiger partial charge in [-0.25, -0.2) is 0 Å². The van der Waals surface area contributed by atoms with Gasteiger partial charge < -0.3 is 9.80 Å². The number of hydrogen-bond acceptors (Lipinski definition) is 2. The van der Waals surface area contributed by atoms with Crippen LogP contribution in [0.25, 0.3) is 0 Å². The molecule has 0 aliphatic carbocycles. The number of hydrogen-bond donors (Lipinski definition) is 0. The average molecular weight is 247 g/mol. The van der Waals surface area contributed by atoms with E-state index >= 15 is 0 Å². The predicted molar refractivity (Wildman–Crippen MR) is 72.3 cm³/mol. The minimum atomic E-state index is 0.824. The molecule has 1 fully saturated rings. The Morgan fingerprint density at radius 1 is 1.12 bits per heavy atom. The molecule has 0 aromatic carbocycles. The third-order valence-corrected chi connectivity index (χ3v) is 3.71. The van der Waals surface area contributed by atoms with Crippen LogP contribution in [-0.2, 0) is 0 Å². The van der Waals surface area contributed by atoms with Gasteiger partial charge in [0.25, 0.3) is 0 Å². The Kier molecular flexibility index (Phi) is 7.42. The summed E-state index contributed by atoms with van der Waals surface area (Å²) in [6, 6.07) is 0. The lowest BCUT2D eigenvalue weighted by Crippen LogP contribution is -2.37. The zero-order valence-corrected chi connectivity index (χ0v) is 11.7. The first-order valence-electron chi connectivity index (χ1n) is 6.65. The fourth-order valence-electron chi connectivity index (χ4n) is 2.52. The molecule has 0 aromatic rings. The first-order valence-corrected chi connectivity index (χ1v) is 7.19. The topological polar surface area (TPSA) is 6.48 Å². The van der Waals surface area contributed by atoms with E-state index in [-0.39, 0.29) is 0 Å². The molecule has 0 radical (unpaired) electrons. The van der Waals surface area contributed by atoms with Gasteiger partial charge >= 0.3 is 0 Å². The lowest BCUT2D eigenvalue weighted by Gasteiger charge is -2.33. The summed E-state index contributed by atoms with van der Waals surface area (Å²) in [6.45, 7) is 5.16. The van der Waals surface area contributed by atoms with Gasteiger partial charge in [0.2, 0.25) is 0 Å². The van der Waals surface area contributed by atoms with Gasteiger partial charge in [0.1, 0.15) is 0 Å². The van der Waals surface area contributed by atoms with Crippen LogP contribution in [0.2, 0.25) is 0 Å². The van der Waals surface area contributed by atoms with Crippen LogP contribution in [0.1, 0.15) is 32.1 Å². The summed E-state index contributed by atoms with van der Waals surface area (Å²) in [5, 5.41) is 0. The molecule has 1 aliphatic rings. The largest absolute Gasteiger partial charge is 0.309 e. The fourth-order valence-corrected chi connectivity index (χ4v) is 2.70. The summed E-state index contributed by atoms with van der Waals surface area (Å²) in [5.74, 6) is 1.75. The van der Waals surface area contributed by atoms with Gasteiger partial charge in [-0.15, -0.1) is 11.6 Å². The van der Waals surface area contributed by atoms with E-state index in [1.54, 1.807) is 0 Å². The zero-order chi connectivity index (χ0) is 11.8. The smallest absolute Gasteiger partial charge is 0.0223 e. The molecule has 0 saturated carbocycles. The molecule has 0 N–H and O–H groups in total. The van der Waals surface area contributed by atoms with Crippen LogP contribution in [-0.4, -0.2) is 56.0 Å². The van der Waals surface area contributed by atoms with E-state index in [1.807, 2.05) is 0 Å². The van der Waals surface area contributed by atoms with E-state index in [1.165, 1.54) is 58.3 Å². The number of unbranched alkanes of at least 4 members (excludes halogenated alkanes) is 2. The molecule has 1 aliphatic heterocycles. The van der Waals surface area contributed by atoms with Crippen LogP contribution in [0.15, 0.2) is 0 Å². The molecule has 1 heterocycles. The van der Waals surface area contributed by atoms with E-state index in [9.17, 15) is 0 Å². The van der Waals surface area contributed by atoms with Crippen LogP contribution in [0.5, 0.6) is 0 Å². The lowest BCUT2D eigenvalue weighted by atomic mass is 9.96. The zero-order valence-electron chi connectivity index (χ0n) is 10.9. The van der Waals surface area contributed by atoms with Crippen LogP contribution in [0.4, 0.5) is 0 Å². The molecule has 16 heavy (non-hydrogen) atoms. The van der Waals surface area contributed by atoms with Crippen molar-refractivity contribution in [1.82, 2.24) is 9.80 Å². The molecule has 0 amide bonds. The molecular formula is C13H27ClN2. The molecule has 2 nitrogen and oxygen atoms in total. The minimum Gasteiger partial charge on any atom is -0.309 e. The highest BCUT2D eigenvalue weighted by Gasteiger charge is 2.18. The molecule has 0 atom stereocenters. The highest BCUT2D eigenvalue weighted by Crippen LogP contribution is 2.18. The van der Waals surface area contributed by atoms with E-state index in [0.29, 0.717) is 0 Å². The van der Waals surface area contributed by atoms with Crippen LogP contribution < -0.4 is 0 Å². The standard InChI is InChI=1S/C13H27ClN2/c1-15(2)12-13-6-10-16(11-7-13)9-5-3-4-8-14/h13H,3-12H2,1-2H3. The van der Waals surface area contributed by atoms with E-state index in [2.05, 4.69) is 23.9 Å². The van der Waals surface area contributed by atoms with Gasteiger partial charge in [-0.05, 0) is 65.3 Å². The van der Waals surface area contributed by atoms with Crippen molar-refractivity contribution in [3.05, 3.63) is 0 Å². The maximum atomic E-state index is 5.67. The van der Waals surface area contributed by atoms with Crippen molar-refractivity contribution in [3.8, 4) is 0 Å². The summed E-state index contributed by atoms with van der Waals surface area (Å²) in [4.78, 5) is 4.95. The number of rotatable bonds is 7. The Labute approximate surface area is 106 Å². The fraction of sp³-hybridized carbons (Fsp3) is 1.00. The van der Waals surface area contributed by atoms with Crippen LogP contribution in [0.3, 0.4) is 0 Å². The Hall–Kier alpha value is 0.210. The molecule has 0 bridgehead atoms. The summed E-state index contributed by atoms with van der Waals surface area (Å²) in [7, 11) is 4.36. The first-order chi connectivity index (χ1) is 7.72. The van der Waals surface area contributed by atoms with Gasteiger partial charge in [0.15, 0.2) is 0 Å². The minimum absolute atomic E-state index is 0.824. The second-order valence-corrected chi connectivity index (χ2v) is 5.67. The van der Waals surface area contributed by atoms with Crippen molar-refractivity contribution in [2.45, 2.75) is 32.1 Å². The number of alkyl halides is 1. The Morgan fingerprint density at radius 2 is 1.81 bits per heavy atom. The molecule has 96 valence electrons. The molecule has 1 saturated heterocycles. The first kappa shape index (κ1) is 14.3. The predicted octanol–water partition coefficient (Wildman–Crippen LogP) is 2.67. The quantitative estimate of drug-likeness (QED) is 0.504. The molecule has 0 aromatic heterocycles. The second-order valence-electron chi connectivity index (χ2n) is 5.30. The van der Waals surface area contributed by atoms with Gasteiger partial charge in [0.05, 0.1) is 0 Å². The highest BCUT2D eigenvalue weighted by molar-refractivity contribution is 6.17. The molecule has 3 heteroatoms. The van der Waals surface area contributed by atoms with Crippen molar-refractivity contribution in [1.29, 1.82) is 0 Å². The molecular weight excluding hydrogens is 220 g/mol. The molecule has 0 spiro atoms. The second kappa shape index (κ2) is 8.32. The molecule has 0 unspecified atom stereocenters. The molecule has 1 rings (SSSR count). The van der Waals surface area contributed by atoms with Gasteiger partial charge in [-0.3, -0.25) is 0 Å². The maximum Gasteiger partial charge on any atom is 0.0223 e. The van der Waals surface area contributed by atoms with Crippen LogP contribution >= 0.6 is 11.6 Å². The van der Waals surface area contributed by atoms with E-state index < -0.39 is 0 Å². The summed E-state index contributed by atoms with van der Waals surface area (Å²) in [6.07, 6.45) is 6.56. The van der Waals surface area contributed by atoms with Gasteiger partial charge in [-0.1, -0.05) is 6.42 Å². The number of nitrogens with zero attached hydrogens (tertiary/aromatic N) is 2. The monoisotopic (exact) mass is 246 g/mol. The Morgan fingerprint density at radius 3 is 2.38 bits per heavy atom. The van der Waals surface area contributed by atoms with E-state index in [0.717, 1.165) is 11.8 Å². The van der Waals surface area contributed by atoms with Crippen molar-refractivity contribution in [2.75, 3.05) is 46.2 Å². The third kappa shape index (κ3) is 6.07. The van der Waals surface area contributed by atoms with Gasteiger partial charge in [-0.2, -0.15) is 0 Å². The Balaban J connectivity index is 2.03. The highest BCUT2D eigenvalue weighted by atomic mass is 35.5. The maximum absolute atomic E-state index is 5.67. The normalized spacial score (nSPS) is 19.5. The summed E-state index contributed by atoms with van der Waals surface area (Å²) in [5.41, 5.74) is 0. The Bertz CT molecular complexity index is 165. The van der Waals surface area contributed by atoms with E-state index in [4.69, 9.17) is 11.6 Å². The summed E-state index contributed by atoms with van der Waals surface area (Å²) < 4.78 is 0. The van der Waals surface area contributed by atoms with Crippen molar-refractivity contribution >= 4 is 11.6 Å².